The summed E-state index contributed by atoms with van der Waals surface area (Å²) in [5, 5.41) is 10.9. The van der Waals surface area contributed by atoms with Gasteiger partial charge in [0.15, 0.2) is 0 Å². The lowest BCUT2D eigenvalue weighted by atomic mass is 10.00. The second-order valence-corrected chi connectivity index (χ2v) is 5.24. The van der Waals surface area contributed by atoms with E-state index in [-0.39, 0.29) is 12.0 Å². The monoisotopic (exact) mass is 298 g/mol. The maximum atomic E-state index is 13.8. The summed E-state index contributed by atoms with van der Waals surface area (Å²) in [5.41, 5.74) is 1.78. The van der Waals surface area contributed by atoms with E-state index in [2.05, 4.69) is 0 Å². The number of halogens is 3. The summed E-state index contributed by atoms with van der Waals surface area (Å²) in [4.78, 5) is 0. The highest BCUT2D eigenvalue weighted by Gasteiger charge is 2.15. The van der Waals surface area contributed by atoms with Gasteiger partial charge in [0, 0.05) is 12.0 Å². The van der Waals surface area contributed by atoms with Gasteiger partial charge in [0.1, 0.15) is 5.82 Å². The van der Waals surface area contributed by atoms with Crippen molar-refractivity contribution in [2.24, 2.45) is 0 Å². The first-order valence-electron chi connectivity index (χ1n) is 5.86. The fourth-order valence-electron chi connectivity index (χ4n) is 1.93. The second kappa shape index (κ2) is 5.91. The Labute approximate surface area is 121 Å². The van der Waals surface area contributed by atoms with Crippen LogP contribution in [0.25, 0.3) is 0 Å². The molecule has 0 saturated carbocycles. The number of rotatable bonds is 3. The molecule has 1 N–H and O–H groups in total. The maximum Gasteiger partial charge on any atom is 0.129 e. The van der Waals surface area contributed by atoms with Crippen molar-refractivity contribution in [3.05, 3.63) is 69.0 Å². The Morgan fingerprint density at radius 1 is 1.21 bits per heavy atom. The highest BCUT2D eigenvalue weighted by molar-refractivity contribution is 6.42. The van der Waals surface area contributed by atoms with Crippen LogP contribution < -0.4 is 0 Å². The molecule has 0 fully saturated rings. The normalized spacial score (nSPS) is 12.5. The highest BCUT2D eigenvalue weighted by atomic mass is 35.5. The molecule has 2 aromatic rings. The zero-order valence-corrected chi connectivity index (χ0v) is 11.8. The van der Waals surface area contributed by atoms with Gasteiger partial charge in [0.05, 0.1) is 16.1 Å². The average Bonchev–Trinajstić information content (AvgIpc) is 2.34. The number of benzene rings is 2. The van der Waals surface area contributed by atoms with Crippen molar-refractivity contribution in [2.45, 2.75) is 19.4 Å². The molecule has 2 aromatic carbocycles. The van der Waals surface area contributed by atoms with Crippen molar-refractivity contribution in [3.8, 4) is 0 Å². The lowest BCUT2D eigenvalue weighted by molar-refractivity contribution is 0.173. The first-order valence-corrected chi connectivity index (χ1v) is 6.61. The number of hydrogen-bond donors (Lipinski definition) is 1. The quantitative estimate of drug-likeness (QED) is 0.869. The molecule has 0 aliphatic rings. The molecule has 1 unspecified atom stereocenters. The lowest BCUT2D eigenvalue weighted by Crippen LogP contribution is -2.05. The Bertz CT molecular complexity index is 599. The van der Waals surface area contributed by atoms with Crippen molar-refractivity contribution in [2.75, 3.05) is 0 Å². The summed E-state index contributed by atoms with van der Waals surface area (Å²) < 4.78 is 13.8. The Kier molecular flexibility index (Phi) is 4.46. The topological polar surface area (TPSA) is 20.2 Å². The zero-order chi connectivity index (χ0) is 14.0. The van der Waals surface area contributed by atoms with Crippen LogP contribution in [0, 0.1) is 12.7 Å². The predicted octanol–water partition coefficient (Wildman–Crippen LogP) is 4.72. The molecule has 0 saturated heterocycles. The SMILES string of the molecule is Cc1ccc(C(O)Cc2cccc(Cl)c2Cl)c(F)c1. The van der Waals surface area contributed by atoms with E-state index in [1.807, 2.05) is 0 Å². The summed E-state index contributed by atoms with van der Waals surface area (Å²) >= 11 is 12.0. The van der Waals surface area contributed by atoms with Gasteiger partial charge in [-0.1, -0.05) is 47.5 Å². The predicted molar refractivity (Wildman–Crippen MR) is 76.3 cm³/mol. The van der Waals surface area contributed by atoms with Crippen molar-refractivity contribution in [3.63, 3.8) is 0 Å². The molecule has 19 heavy (non-hydrogen) atoms. The van der Waals surface area contributed by atoms with Crippen LogP contribution in [0.4, 0.5) is 4.39 Å². The fourth-order valence-corrected chi connectivity index (χ4v) is 2.32. The molecular weight excluding hydrogens is 286 g/mol. The van der Waals surface area contributed by atoms with Crippen LogP contribution in [0.2, 0.25) is 10.0 Å². The first-order chi connectivity index (χ1) is 8.99. The molecule has 0 aromatic heterocycles. The van der Waals surface area contributed by atoms with Gasteiger partial charge in [-0.15, -0.1) is 0 Å². The van der Waals surface area contributed by atoms with Crippen molar-refractivity contribution in [1.29, 1.82) is 0 Å². The summed E-state index contributed by atoms with van der Waals surface area (Å²) in [6.07, 6.45) is -0.726. The molecule has 2 rings (SSSR count). The van der Waals surface area contributed by atoms with Crippen LogP contribution >= 0.6 is 23.2 Å². The third-order valence-corrected chi connectivity index (χ3v) is 3.82. The van der Waals surface area contributed by atoms with Gasteiger partial charge in [-0.05, 0) is 30.2 Å². The molecule has 1 atom stereocenters. The van der Waals surface area contributed by atoms with Gasteiger partial charge in [-0.2, -0.15) is 0 Å². The van der Waals surface area contributed by atoms with E-state index in [1.54, 1.807) is 37.3 Å². The Morgan fingerprint density at radius 3 is 2.63 bits per heavy atom. The molecule has 0 heterocycles. The molecule has 0 amide bonds. The molecule has 0 aliphatic carbocycles. The van der Waals surface area contributed by atoms with E-state index in [9.17, 15) is 9.50 Å². The molecule has 0 radical (unpaired) electrons. The number of aliphatic hydroxyl groups excluding tert-OH is 1. The van der Waals surface area contributed by atoms with Crippen molar-refractivity contribution < 1.29 is 9.50 Å². The molecular formula is C15H13Cl2FO. The average molecular weight is 299 g/mol. The van der Waals surface area contributed by atoms with Crippen LogP contribution in [0.3, 0.4) is 0 Å². The van der Waals surface area contributed by atoms with Crippen LogP contribution in [0.5, 0.6) is 0 Å². The minimum absolute atomic E-state index is 0.222. The van der Waals surface area contributed by atoms with Crippen LogP contribution in [0.1, 0.15) is 22.8 Å². The molecule has 1 nitrogen and oxygen atoms in total. The number of hydrogen-bond acceptors (Lipinski definition) is 1. The minimum atomic E-state index is -0.948. The van der Waals surface area contributed by atoms with Gasteiger partial charge in [0.25, 0.3) is 0 Å². The third kappa shape index (κ3) is 3.27. The van der Waals surface area contributed by atoms with Gasteiger partial charge >= 0.3 is 0 Å². The molecule has 0 aliphatic heterocycles. The van der Waals surface area contributed by atoms with Crippen molar-refractivity contribution >= 4 is 23.2 Å². The van der Waals surface area contributed by atoms with Crippen molar-refractivity contribution in [1.82, 2.24) is 0 Å². The highest BCUT2D eigenvalue weighted by Crippen LogP contribution is 2.30. The summed E-state index contributed by atoms with van der Waals surface area (Å²) in [6.45, 7) is 1.80. The molecule has 0 spiro atoms. The lowest BCUT2D eigenvalue weighted by Gasteiger charge is -2.14. The number of aryl methyl sites for hydroxylation is 1. The zero-order valence-electron chi connectivity index (χ0n) is 10.3. The largest absolute Gasteiger partial charge is 0.388 e. The third-order valence-electron chi connectivity index (χ3n) is 2.96. The van der Waals surface area contributed by atoms with Crippen LogP contribution in [-0.4, -0.2) is 5.11 Å². The van der Waals surface area contributed by atoms with E-state index in [4.69, 9.17) is 23.2 Å². The molecule has 4 heteroatoms. The summed E-state index contributed by atoms with van der Waals surface area (Å²) in [7, 11) is 0. The molecule has 0 bridgehead atoms. The fraction of sp³-hybridized carbons (Fsp3) is 0.200. The molecule has 100 valence electrons. The Hall–Kier alpha value is -1.09. The standard InChI is InChI=1S/C15H13Cl2FO/c1-9-5-6-11(13(18)7-9)14(19)8-10-3-2-4-12(16)15(10)17/h2-7,14,19H,8H2,1H3. The maximum absolute atomic E-state index is 13.8. The Balaban J connectivity index is 2.25. The Morgan fingerprint density at radius 2 is 1.95 bits per heavy atom. The van der Waals surface area contributed by atoms with E-state index < -0.39 is 11.9 Å². The van der Waals surface area contributed by atoms with Gasteiger partial charge in [0.2, 0.25) is 0 Å². The summed E-state index contributed by atoms with van der Waals surface area (Å²) in [5.74, 6) is -0.411. The van der Waals surface area contributed by atoms with E-state index in [1.165, 1.54) is 6.07 Å². The second-order valence-electron chi connectivity index (χ2n) is 4.46. The van der Waals surface area contributed by atoms with Crippen LogP contribution in [-0.2, 0) is 6.42 Å². The minimum Gasteiger partial charge on any atom is -0.388 e. The van der Waals surface area contributed by atoms with E-state index >= 15 is 0 Å². The smallest absolute Gasteiger partial charge is 0.129 e. The van der Waals surface area contributed by atoms with Crippen LogP contribution in [0.15, 0.2) is 36.4 Å². The first kappa shape index (κ1) is 14.3. The van der Waals surface area contributed by atoms with Gasteiger partial charge in [-0.3, -0.25) is 0 Å². The van der Waals surface area contributed by atoms with E-state index in [0.29, 0.717) is 15.6 Å². The van der Waals surface area contributed by atoms with Gasteiger partial charge < -0.3 is 5.11 Å². The van der Waals surface area contributed by atoms with Gasteiger partial charge in [-0.25, -0.2) is 4.39 Å². The summed E-state index contributed by atoms with van der Waals surface area (Å²) in [6, 6.07) is 9.95. The number of aliphatic hydroxyl groups is 1. The van der Waals surface area contributed by atoms with E-state index in [0.717, 1.165) is 5.56 Å².